The van der Waals surface area contributed by atoms with Crippen molar-refractivity contribution in [2.75, 3.05) is 0 Å². The van der Waals surface area contributed by atoms with E-state index < -0.39 is 41.4 Å². The first-order chi connectivity index (χ1) is 12.8. The van der Waals surface area contributed by atoms with Gasteiger partial charge in [0.05, 0.1) is 12.1 Å². The minimum absolute atomic E-state index is 0.117. The number of nitrogens with one attached hydrogen (secondary N) is 2. The molecule has 1 heterocycles. The van der Waals surface area contributed by atoms with Crippen LogP contribution in [-0.4, -0.2) is 28.7 Å². The largest absolute Gasteiger partial charge is 0.344 e. The lowest BCUT2D eigenvalue weighted by Gasteiger charge is -2.15. The van der Waals surface area contributed by atoms with Gasteiger partial charge >= 0.3 is 0 Å². The van der Waals surface area contributed by atoms with Crippen molar-refractivity contribution in [1.29, 1.82) is 0 Å². The molecule has 0 saturated heterocycles. The van der Waals surface area contributed by atoms with Gasteiger partial charge in [-0.2, -0.15) is 0 Å². The van der Waals surface area contributed by atoms with Crippen LogP contribution >= 0.6 is 0 Å². The van der Waals surface area contributed by atoms with Gasteiger partial charge in [-0.15, -0.1) is 0 Å². The molecule has 0 aliphatic rings. The van der Waals surface area contributed by atoms with E-state index in [4.69, 9.17) is 5.73 Å². The van der Waals surface area contributed by atoms with Crippen LogP contribution in [0, 0.1) is 11.6 Å². The van der Waals surface area contributed by atoms with Gasteiger partial charge in [0.25, 0.3) is 0 Å². The summed E-state index contributed by atoms with van der Waals surface area (Å²) in [5.74, 6) is -3.79. The molecule has 1 aromatic heterocycles. The summed E-state index contributed by atoms with van der Waals surface area (Å²) >= 11 is 0. The number of imide groups is 1. The molecule has 0 saturated carbocycles. The highest BCUT2D eigenvalue weighted by Gasteiger charge is 2.23. The Kier molecular flexibility index (Phi) is 6.67. The highest BCUT2D eigenvalue weighted by Crippen LogP contribution is 2.09. The molecular weight excluding hydrogens is 358 g/mol. The van der Waals surface area contributed by atoms with E-state index >= 15 is 0 Å². The van der Waals surface area contributed by atoms with E-state index in [1.54, 1.807) is 12.1 Å². The second kappa shape index (κ2) is 8.95. The maximum Gasteiger partial charge on any atom is 0.249 e. The van der Waals surface area contributed by atoms with Gasteiger partial charge in [-0.1, -0.05) is 6.07 Å². The third-order valence-electron chi connectivity index (χ3n) is 3.59. The topological polar surface area (TPSA) is 114 Å². The molecular formula is C18H18F2N4O3. The zero-order valence-electron chi connectivity index (χ0n) is 14.4. The summed E-state index contributed by atoms with van der Waals surface area (Å²) in [6, 6.07) is 5.36. The van der Waals surface area contributed by atoms with Crippen molar-refractivity contribution >= 4 is 17.7 Å². The van der Waals surface area contributed by atoms with Crippen LogP contribution in [0.25, 0.3) is 0 Å². The summed E-state index contributed by atoms with van der Waals surface area (Å²) in [5, 5.41) is 4.43. The normalized spacial score (nSPS) is 12.7. The Bertz CT molecular complexity index is 826. The first-order valence-electron chi connectivity index (χ1n) is 8.02. The third kappa shape index (κ3) is 5.93. The number of halogens is 2. The van der Waals surface area contributed by atoms with Crippen LogP contribution in [0.3, 0.4) is 0 Å². The zero-order chi connectivity index (χ0) is 20.0. The number of pyridine rings is 1. The van der Waals surface area contributed by atoms with Gasteiger partial charge in [0.15, 0.2) is 0 Å². The maximum atomic E-state index is 13.1. The van der Waals surface area contributed by atoms with Crippen molar-refractivity contribution in [3.8, 4) is 0 Å². The summed E-state index contributed by atoms with van der Waals surface area (Å²) in [6.07, 6.45) is 1.14. The fraction of sp³-hybridized carbons (Fsp3) is 0.222. The highest BCUT2D eigenvalue weighted by molar-refractivity contribution is 6.01. The number of nitrogens with two attached hydrogens (primary N) is 1. The Morgan fingerprint density at radius 1 is 1.11 bits per heavy atom. The zero-order valence-corrected chi connectivity index (χ0v) is 14.4. The van der Waals surface area contributed by atoms with Crippen LogP contribution < -0.4 is 16.4 Å². The van der Waals surface area contributed by atoms with Gasteiger partial charge in [0.2, 0.25) is 17.7 Å². The van der Waals surface area contributed by atoms with E-state index in [2.05, 4.69) is 15.6 Å². The second-order valence-corrected chi connectivity index (χ2v) is 5.83. The van der Waals surface area contributed by atoms with Gasteiger partial charge in [0, 0.05) is 12.3 Å². The van der Waals surface area contributed by atoms with Crippen molar-refractivity contribution in [1.82, 2.24) is 15.6 Å². The molecule has 142 valence electrons. The molecule has 2 rings (SSSR count). The fourth-order valence-electron chi connectivity index (χ4n) is 2.26. The Morgan fingerprint density at radius 2 is 1.78 bits per heavy atom. The predicted molar refractivity (Wildman–Crippen MR) is 92.0 cm³/mol. The van der Waals surface area contributed by atoms with Crippen LogP contribution in [0.15, 0.2) is 42.6 Å². The van der Waals surface area contributed by atoms with Crippen molar-refractivity contribution in [3.05, 3.63) is 65.5 Å². The number of hydrogen-bond donors (Lipinski definition) is 3. The lowest BCUT2D eigenvalue weighted by Crippen LogP contribution is -2.49. The van der Waals surface area contributed by atoms with E-state index in [0.29, 0.717) is 6.07 Å². The van der Waals surface area contributed by atoms with Crippen molar-refractivity contribution < 1.29 is 23.2 Å². The minimum Gasteiger partial charge on any atom is -0.344 e. The number of nitrogens with zero attached hydrogens (tertiary/aromatic N) is 1. The van der Waals surface area contributed by atoms with Crippen LogP contribution in [0.5, 0.6) is 0 Å². The number of rotatable bonds is 6. The van der Waals surface area contributed by atoms with Crippen LogP contribution in [0.1, 0.15) is 24.2 Å². The molecule has 9 heteroatoms. The fourth-order valence-corrected chi connectivity index (χ4v) is 2.26. The number of amides is 3. The Labute approximate surface area is 154 Å². The smallest absolute Gasteiger partial charge is 0.249 e. The molecule has 0 spiro atoms. The molecule has 1 aromatic carbocycles. The second-order valence-electron chi connectivity index (χ2n) is 5.83. The van der Waals surface area contributed by atoms with Crippen LogP contribution in [-0.2, 0) is 20.8 Å². The van der Waals surface area contributed by atoms with E-state index in [1.807, 2.05) is 0 Å². The average Bonchev–Trinajstić information content (AvgIpc) is 2.60. The molecule has 0 bridgehead atoms. The maximum absolute atomic E-state index is 13.1. The third-order valence-corrected chi connectivity index (χ3v) is 3.59. The minimum atomic E-state index is -1.15. The summed E-state index contributed by atoms with van der Waals surface area (Å²) in [7, 11) is 0. The Balaban J connectivity index is 1.89. The van der Waals surface area contributed by atoms with Crippen molar-refractivity contribution in [3.63, 3.8) is 0 Å². The van der Waals surface area contributed by atoms with Gasteiger partial charge in [0.1, 0.15) is 23.7 Å². The van der Waals surface area contributed by atoms with Gasteiger partial charge in [-0.25, -0.2) is 8.78 Å². The molecule has 4 N–H and O–H groups in total. The van der Waals surface area contributed by atoms with Crippen LogP contribution in [0.2, 0.25) is 0 Å². The monoisotopic (exact) mass is 376 g/mol. The molecule has 0 aliphatic carbocycles. The molecule has 27 heavy (non-hydrogen) atoms. The molecule has 0 fully saturated rings. The van der Waals surface area contributed by atoms with Gasteiger partial charge in [-0.3, -0.25) is 24.7 Å². The average molecular weight is 376 g/mol. The lowest BCUT2D eigenvalue weighted by molar-refractivity contribution is -0.134. The number of carbonyl (C=O) groups excluding carboxylic acids is 3. The lowest BCUT2D eigenvalue weighted by atomic mass is 10.1. The molecule has 0 radical (unpaired) electrons. The van der Waals surface area contributed by atoms with E-state index in [9.17, 15) is 23.2 Å². The summed E-state index contributed by atoms with van der Waals surface area (Å²) in [5.41, 5.74) is 6.13. The van der Waals surface area contributed by atoms with E-state index in [-0.39, 0.29) is 17.7 Å². The molecule has 7 nitrogen and oxygen atoms in total. The molecule has 2 aromatic rings. The summed E-state index contributed by atoms with van der Waals surface area (Å²) in [6.45, 7) is 1.36. The van der Waals surface area contributed by atoms with Crippen molar-refractivity contribution in [2.45, 2.75) is 25.4 Å². The number of hydrogen-bond acceptors (Lipinski definition) is 5. The predicted octanol–water partition coefficient (Wildman–Crippen LogP) is 0.750. The molecule has 0 aliphatic heterocycles. The van der Waals surface area contributed by atoms with Crippen LogP contribution in [0.4, 0.5) is 8.78 Å². The Hall–Kier alpha value is -3.20. The molecule has 1 unspecified atom stereocenters. The molecule has 2 atom stereocenters. The summed E-state index contributed by atoms with van der Waals surface area (Å²) < 4.78 is 26.3. The van der Waals surface area contributed by atoms with Gasteiger partial charge < -0.3 is 11.1 Å². The Morgan fingerprint density at radius 3 is 2.37 bits per heavy atom. The van der Waals surface area contributed by atoms with E-state index in [1.165, 1.54) is 19.2 Å². The first kappa shape index (κ1) is 20.1. The quantitative estimate of drug-likeness (QED) is 0.688. The number of benzene rings is 1. The number of aromatic nitrogens is 1. The summed E-state index contributed by atoms with van der Waals surface area (Å²) in [4.78, 5) is 39.9. The first-order valence-corrected chi connectivity index (χ1v) is 8.02. The van der Waals surface area contributed by atoms with E-state index in [0.717, 1.165) is 12.1 Å². The van der Waals surface area contributed by atoms with Gasteiger partial charge in [-0.05, 0) is 36.8 Å². The molecule has 3 amide bonds. The SMILES string of the molecule is C[C@H](NC(=O)Cc1cc(F)cc(F)c1)C(=O)NC(=O)C(N)c1ccccn1. The number of carbonyl (C=O) groups is 3. The standard InChI is InChI=1S/C18H18F2N4O3/c1-10(23-15(25)8-11-6-12(19)9-13(20)7-11)17(26)24-18(27)16(21)14-4-2-3-5-22-14/h2-7,9-10,16H,8,21H2,1H3,(H,23,25)(H,24,26,27)/t10-,16?/m0/s1. The highest BCUT2D eigenvalue weighted by atomic mass is 19.1. The van der Waals surface area contributed by atoms with Crippen molar-refractivity contribution in [2.24, 2.45) is 5.73 Å².